The van der Waals surface area contributed by atoms with Crippen LogP contribution in [0.1, 0.15) is 34.6 Å². The number of pyridine rings is 5. The van der Waals surface area contributed by atoms with Gasteiger partial charge in [-0.1, -0.05) is 224 Å². The van der Waals surface area contributed by atoms with Crippen LogP contribution in [-0.4, -0.2) is 84.7 Å². The summed E-state index contributed by atoms with van der Waals surface area (Å²) in [5.41, 5.74) is 23.5. The van der Waals surface area contributed by atoms with Crippen LogP contribution in [0.4, 0.5) is 0 Å². The van der Waals surface area contributed by atoms with E-state index >= 15 is 0 Å². The Hall–Kier alpha value is -15.2. The number of hydrogen-bond donors (Lipinski definition) is 0. The molecule has 0 unspecified atom stereocenters. The van der Waals surface area contributed by atoms with Gasteiger partial charge in [-0.2, -0.15) is 0 Å². The Morgan fingerprint density at radius 3 is 0.763 bits per heavy atom. The smallest absolute Gasteiger partial charge is 0.178 e. The summed E-state index contributed by atoms with van der Waals surface area (Å²) in [5.74, 6) is 4.43. The zero-order valence-electron chi connectivity index (χ0n) is 63.8. The number of hydrogen-bond acceptors (Lipinski definition) is 17. The van der Waals surface area contributed by atoms with Crippen molar-refractivity contribution in [3.05, 3.63) is 406 Å². The molecule has 0 radical (unpaired) electrons. The van der Waals surface area contributed by atoms with Gasteiger partial charge in [0.2, 0.25) is 0 Å². The monoisotopic (exact) mass is 1480 g/mol. The summed E-state index contributed by atoms with van der Waals surface area (Å²) in [4.78, 5) is 75.1. The first-order valence-electron chi connectivity index (χ1n) is 37.0. The standard InChI is InChI=1S/C17H14N2.5C16H13N3/c1-13-18-16(14-8-4-2-5-9-14)12-17(19-13)15-10-6-3-7-11-15;1-12-18-15(13-7-3-2-4-8-13)11-16(19-12)14-9-5-6-10-17-14;1-12-11-15(13-7-3-2-4-8-13)19-16(18-12)14-9-5-6-10-17-14;1-12-18-15(13-6-3-2-4-7-13)10-16(19-12)14-8-5-9-17-11-14;1-12-10-15(13-6-3-2-4-7-13)19-16(18-12)14-8-5-9-17-11-14;1-12-11-15(13-5-3-2-4-6-13)19-16(18-12)14-7-9-17-10-8-14/h2-12H,1H3;5*2-11H,1H3. The Morgan fingerprint density at radius 1 is 0.158 bits per heavy atom. The van der Waals surface area contributed by atoms with Crippen LogP contribution in [0.2, 0.25) is 0 Å². The molecule has 17 heteroatoms. The maximum absolute atomic E-state index is 4.64. The number of benzene rings is 7. The van der Waals surface area contributed by atoms with Gasteiger partial charge in [0.1, 0.15) is 23.2 Å². The third-order valence-electron chi connectivity index (χ3n) is 17.2. The van der Waals surface area contributed by atoms with Crippen molar-refractivity contribution in [3.8, 4) is 136 Å². The first-order valence-corrected chi connectivity index (χ1v) is 37.0. The van der Waals surface area contributed by atoms with Crippen LogP contribution in [0.25, 0.3) is 136 Å². The van der Waals surface area contributed by atoms with Gasteiger partial charge in [-0.25, -0.2) is 59.8 Å². The lowest BCUT2D eigenvalue weighted by atomic mass is 10.1. The topological polar surface area (TPSA) is 219 Å². The highest BCUT2D eigenvalue weighted by Crippen LogP contribution is 2.29. The van der Waals surface area contributed by atoms with Crippen molar-refractivity contribution in [3.63, 3.8) is 0 Å². The van der Waals surface area contributed by atoms with Crippen molar-refractivity contribution in [1.29, 1.82) is 0 Å². The van der Waals surface area contributed by atoms with Crippen LogP contribution < -0.4 is 0 Å². The van der Waals surface area contributed by atoms with E-state index in [2.05, 4.69) is 145 Å². The summed E-state index contributed by atoms with van der Waals surface area (Å²) in [7, 11) is 0. The lowest BCUT2D eigenvalue weighted by Crippen LogP contribution is -1.96. The molecule has 18 aromatic rings. The predicted molar refractivity (Wildman–Crippen MR) is 455 cm³/mol. The van der Waals surface area contributed by atoms with Crippen molar-refractivity contribution < 1.29 is 0 Å². The fourth-order valence-electron chi connectivity index (χ4n) is 11.9. The molecule has 11 aromatic heterocycles. The van der Waals surface area contributed by atoms with Crippen LogP contribution in [0.3, 0.4) is 0 Å². The highest BCUT2D eigenvalue weighted by Gasteiger charge is 2.13. The van der Waals surface area contributed by atoms with Gasteiger partial charge < -0.3 is 0 Å². The number of aryl methyl sites for hydroxylation is 6. The Bertz CT molecular complexity index is 4690. The molecule has 0 aliphatic heterocycles. The lowest BCUT2D eigenvalue weighted by molar-refractivity contribution is 1.05. The minimum Gasteiger partial charge on any atom is -0.265 e. The van der Waals surface area contributed by atoms with Crippen LogP contribution >= 0.6 is 0 Å². The highest BCUT2D eigenvalue weighted by molar-refractivity contribution is 5.71. The molecule has 0 fully saturated rings. The summed E-state index contributed by atoms with van der Waals surface area (Å²) < 4.78 is 0. The van der Waals surface area contributed by atoms with Crippen LogP contribution in [0.15, 0.2) is 371 Å². The second-order valence-corrected chi connectivity index (χ2v) is 25.9. The second-order valence-electron chi connectivity index (χ2n) is 25.9. The zero-order valence-corrected chi connectivity index (χ0v) is 63.8. The third kappa shape index (κ3) is 22.0. The molecule has 0 aliphatic rings. The SMILES string of the molecule is Cc1cc(-c2ccccc2)nc(-c2ccccn2)n1.Cc1cc(-c2ccccc2)nc(-c2cccnc2)n1.Cc1cc(-c2ccccc2)nc(-c2ccncc2)n1.Cc1nc(-c2ccccc2)cc(-c2ccccc2)n1.Cc1nc(-c2ccccc2)cc(-c2ccccn2)n1.Cc1nc(-c2ccccc2)cc(-c2cccnc2)n1. The molecule has 552 valence electrons. The van der Waals surface area contributed by atoms with E-state index in [0.717, 1.165) is 159 Å². The fraction of sp³-hybridized carbons (Fsp3) is 0.0619. The van der Waals surface area contributed by atoms with Crippen molar-refractivity contribution in [1.82, 2.24) is 84.7 Å². The Balaban J connectivity index is 0.000000119. The van der Waals surface area contributed by atoms with Gasteiger partial charge in [-0.05, 0) is 139 Å². The third-order valence-corrected chi connectivity index (χ3v) is 17.2. The van der Waals surface area contributed by atoms with E-state index in [9.17, 15) is 0 Å². The van der Waals surface area contributed by atoms with E-state index in [-0.39, 0.29) is 0 Å². The molecule has 114 heavy (non-hydrogen) atoms. The lowest BCUT2D eigenvalue weighted by Gasteiger charge is -2.06. The van der Waals surface area contributed by atoms with Crippen LogP contribution in [0.5, 0.6) is 0 Å². The Morgan fingerprint density at radius 2 is 0.430 bits per heavy atom. The molecule has 0 N–H and O–H groups in total. The minimum atomic E-state index is 0.666. The molecule has 18 rings (SSSR count). The second kappa shape index (κ2) is 39.2. The summed E-state index contributed by atoms with van der Waals surface area (Å²) in [6.07, 6.45) is 14.1. The first-order chi connectivity index (χ1) is 56.0. The normalized spacial score (nSPS) is 10.4. The molecule has 0 aliphatic carbocycles. The first kappa shape index (κ1) is 76.9. The van der Waals surface area contributed by atoms with E-state index in [1.807, 2.05) is 309 Å². The van der Waals surface area contributed by atoms with Crippen LogP contribution in [-0.2, 0) is 0 Å². The number of aromatic nitrogens is 17. The number of rotatable bonds is 12. The van der Waals surface area contributed by atoms with Crippen molar-refractivity contribution in [2.45, 2.75) is 41.5 Å². The predicted octanol–water partition coefficient (Wildman–Crippen LogP) is 21.7. The minimum absolute atomic E-state index is 0.666. The average Bonchev–Trinajstić information content (AvgIpc) is 0.855. The van der Waals surface area contributed by atoms with E-state index in [4.69, 9.17) is 0 Å². The molecule has 0 bridgehead atoms. The van der Waals surface area contributed by atoms with Crippen molar-refractivity contribution >= 4 is 0 Å². The molecular formula is C97H79N17. The molecule has 7 aromatic carbocycles. The van der Waals surface area contributed by atoms with Gasteiger partial charge in [0.05, 0.1) is 56.9 Å². The maximum Gasteiger partial charge on any atom is 0.178 e. The fourth-order valence-corrected chi connectivity index (χ4v) is 11.9. The van der Waals surface area contributed by atoms with E-state index < -0.39 is 0 Å². The average molecular weight is 1480 g/mol. The Labute approximate surface area is 663 Å². The Kier molecular flexibility index (Phi) is 26.5. The maximum atomic E-state index is 4.64. The molecule has 0 saturated heterocycles. The van der Waals surface area contributed by atoms with E-state index in [1.165, 1.54) is 0 Å². The molecule has 17 nitrogen and oxygen atoms in total. The largest absolute Gasteiger partial charge is 0.265 e. The summed E-state index contributed by atoms with van der Waals surface area (Å²) in [5, 5.41) is 0. The molecule has 11 heterocycles. The zero-order chi connectivity index (χ0) is 78.5. The van der Waals surface area contributed by atoms with Crippen molar-refractivity contribution in [2.24, 2.45) is 0 Å². The summed E-state index contributed by atoms with van der Waals surface area (Å²) >= 11 is 0. The van der Waals surface area contributed by atoms with E-state index in [0.29, 0.717) is 11.6 Å². The van der Waals surface area contributed by atoms with Crippen LogP contribution in [0, 0.1) is 41.5 Å². The molecular weight excluding hydrogens is 1400 g/mol. The molecule has 0 saturated carbocycles. The van der Waals surface area contributed by atoms with Gasteiger partial charge in [-0.15, -0.1) is 0 Å². The quantitative estimate of drug-likeness (QED) is 0.111. The van der Waals surface area contributed by atoms with Crippen molar-refractivity contribution in [2.75, 3.05) is 0 Å². The summed E-state index contributed by atoms with van der Waals surface area (Å²) in [6.45, 7) is 11.7. The summed E-state index contributed by atoms with van der Waals surface area (Å²) in [6, 6.07) is 106. The molecule has 0 amide bonds. The molecule has 0 atom stereocenters. The van der Waals surface area contributed by atoms with Gasteiger partial charge in [0.25, 0.3) is 0 Å². The van der Waals surface area contributed by atoms with Gasteiger partial charge in [0, 0.05) is 122 Å². The van der Waals surface area contributed by atoms with Gasteiger partial charge >= 0.3 is 0 Å². The highest BCUT2D eigenvalue weighted by atomic mass is 14.9. The van der Waals surface area contributed by atoms with Gasteiger partial charge in [0.15, 0.2) is 17.5 Å². The molecule has 0 spiro atoms. The van der Waals surface area contributed by atoms with Gasteiger partial charge in [-0.3, -0.25) is 24.9 Å². The van der Waals surface area contributed by atoms with E-state index in [1.54, 1.807) is 43.4 Å². The number of nitrogens with zero attached hydrogens (tertiary/aromatic N) is 17.